The van der Waals surface area contributed by atoms with E-state index in [2.05, 4.69) is 43.5 Å². The molecule has 0 saturated heterocycles. The Labute approximate surface area is 494 Å². The van der Waals surface area contributed by atoms with Gasteiger partial charge >= 0.3 is 5.97 Å². The maximum Gasteiger partial charge on any atom is 0.305 e. The van der Waals surface area contributed by atoms with Gasteiger partial charge in [-0.05, 0) is 57.8 Å². The predicted molar refractivity (Wildman–Crippen MR) is 347 cm³/mol. The number of esters is 1. The molecule has 0 rings (SSSR count). The van der Waals surface area contributed by atoms with Gasteiger partial charge in [0, 0.05) is 12.8 Å². The molecule has 0 radical (unpaired) electrons. The normalized spacial score (nSPS) is 12.6. The number of aliphatic hydroxyl groups excluding tert-OH is 2. The molecule has 0 aromatic carbocycles. The molecular weight excluding hydrogens is 971 g/mol. The van der Waals surface area contributed by atoms with Gasteiger partial charge in [0.05, 0.1) is 25.4 Å². The summed E-state index contributed by atoms with van der Waals surface area (Å²) in [5.41, 5.74) is 0. The lowest BCUT2D eigenvalue weighted by atomic mass is 10.0. The van der Waals surface area contributed by atoms with Gasteiger partial charge in [-0.2, -0.15) is 0 Å². The van der Waals surface area contributed by atoms with Crippen LogP contribution in [0.25, 0.3) is 0 Å². The van der Waals surface area contributed by atoms with Gasteiger partial charge in [0.25, 0.3) is 0 Å². The minimum Gasteiger partial charge on any atom is -0.466 e. The van der Waals surface area contributed by atoms with Gasteiger partial charge in [0.2, 0.25) is 5.91 Å². The van der Waals surface area contributed by atoms with E-state index in [1.54, 1.807) is 0 Å². The number of nitrogens with one attached hydrogen (secondary N) is 1. The van der Waals surface area contributed by atoms with Crippen molar-refractivity contribution in [3.63, 3.8) is 0 Å². The molecule has 0 heterocycles. The number of ether oxygens (including phenoxy) is 1. The summed E-state index contributed by atoms with van der Waals surface area (Å²) in [7, 11) is 0. The van der Waals surface area contributed by atoms with E-state index in [9.17, 15) is 19.8 Å². The minimum atomic E-state index is -0.662. The standard InChI is InChI=1S/C73H141NO5/c1-3-5-7-9-11-13-15-17-19-34-37-41-45-49-53-57-61-65-71(76)70(69-75)74-72(77)66-62-58-54-50-46-42-38-35-32-30-28-26-24-22-21-23-25-27-29-31-33-36-40-44-48-52-56-60-64-68-79-73(78)67-63-59-55-51-47-43-39-20-18-16-14-12-10-8-6-4-2/h14,16,20,39,70-71,75-76H,3-13,15,17-19,21-38,40-69H2,1-2H3,(H,74,77)/b16-14-,39-20-. The topological polar surface area (TPSA) is 95.9 Å². The predicted octanol–water partition coefficient (Wildman–Crippen LogP) is 23.3. The molecule has 468 valence electrons. The van der Waals surface area contributed by atoms with E-state index in [1.165, 1.54) is 321 Å². The Bertz CT molecular complexity index is 1230. The summed E-state index contributed by atoms with van der Waals surface area (Å²) in [6.45, 7) is 4.97. The van der Waals surface area contributed by atoms with Crippen LogP contribution in [0.15, 0.2) is 24.3 Å². The van der Waals surface area contributed by atoms with Crippen molar-refractivity contribution in [2.24, 2.45) is 0 Å². The third kappa shape index (κ3) is 65.4. The van der Waals surface area contributed by atoms with Crippen molar-refractivity contribution in [3.8, 4) is 0 Å². The molecule has 3 N–H and O–H groups in total. The summed E-state index contributed by atoms with van der Waals surface area (Å²) in [6.07, 6.45) is 86.6. The van der Waals surface area contributed by atoms with E-state index < -0.39 is 12.1 Å². The zero-order chi connectivity index (χ0) is 57.1. The average Bonchev–Trinajstić information content (AvgIpc) is 3.45. The molecule has 0 saturated carbocycles. The fraction of sp³-hybridized carbons (Fsp3) is 0.918. The second-order valence-corrected chi connectivity index (χ2v) is 24.9. The highest BCUT2D eigenvalue weighted by molar-refractivity contribution is 5.76. The van der Waals surface area contributed by atoms with E-state index in [1.807, 2.05) is 0 Å². The second-order valence-electron chi connectivity index (χ2n) is 24.9. The number of hydrogen-bond donors (Lipinski definition) is 3. The van der Waals surface area contributed by atoms with Crippen LogP contribution in [0.1, 0.15) is 406 Å². The van der Waals surface area contributed by atoms with Crippen LogP contribution in [0.2, 0.25) is 0 Å². The molecule has 79 heavy (non-hydrogen) atoms. The zero-order valence-electron chi connectivity index (χ0n) is 53.6. The lowest BCUT2D eigenvalue weighted by Gasteiger charge is -2.22. The molecule has 0 fully saturated rings. The maximum absolute atomic E-state index is 12.5. The number of hydrogen-bond acceptors (Lipinski definition) is 5. The fourth-order valence-corrected chi connectivity index (χ4v) is 11.5. The Hall–Kier alpha value is -1.66. The highest BCUT2D eigenvalue weighted by Gasteiger charge is 2.20. The molecule has 2 unspecified atom stereocenters. The molecule has 0 bridgehead atoms. The summed E-state index contributed by atoms with van der Waals surface area (Å²) in [4.78, 5) is 24.6. The number of carbonyl (C=O) groups is 2. The van der Waals surface area contributed by atoms with Crippen LogP contribution < -0.4 is 5.32 Å². The van der Waals surface area contributed by atoms with E-state index in [0.717, 1.165) is 51.4 Å². The number of aliphatic hydroxyl groups is 2. The van der Waals surface area contributed by atoms with Crippen molar-refractivity contribution in [1.29, 1.82) is 0 Å². The fourth-order valence-electron chi connectivity index (χ4n) is 11.5. The van der Waals surface area contributed by atoms with Crippen molar-refractivity contribution in [1.82, 2.24) is 5.32 Å². The van der Waals surface area contributed by atoms with Gasteiger partial charge in [0.15, 0.2) is 0 Å². The Morgan fingerprint density at radius 1 is 0.354 bits per heavy atom. The molecule has 0 spiro atoms. The van der Waals surface area contributed by atoms with Crippen molar-refractivity contribution >= 4 is 11.9 Å². The Morgan fingerprint density at radius 3 is 0.975 bits per heavy atom. The highest BCUT2D eigenvalue weighted by Crippen LogP contribution is 2.19. The molecule has 0 aromatic heterocycles. The Kier molecular flexibility index (Phi) is 67.4. The summed E-state index contributed by atoms with van der Waals surface area (Å²) in [6, 6.07) is -0.539. The van der Waals surface area contributed by atoms with Crippen LogP contribution in [-0.4, -0.2) is 47.4 Å². The first-order valence-corrected chi connectivity index (χ1v) is 36.1. The lowest BCUT2D eigenvalue weighted by Crippen LogP contribution is -2.45. The largest absolute Gasteiger partial charge is 0.466 e. The molecule has 1 amide bonds. The third-order valence-electron chi connectivity index (χ3n) is 17.0. The second kappa shape index (κ2) is 68.8. The first-order valence-electron chi connectivity index (χ1n) is 36.1. The number of allylic oxidation sites excluding steroid dienone is 4. The number of amides is 1. The highest BCUT2D eigenvalue weighted by atomic mass is 16.5. The summed E-state index contributed by atoms with van der Waals surface area (Å²) in [5, 5.41) is 23.4. The zero-order valence-corrected chi connectivity index (χ0v) is 53.6. The van der Waals surface area contributed by atoms with E-state index in [4.69, 9.17) is 4.74 Å². The van der Waals surface area contributed by atoms with Crippen LogP contribution in [0.3, 0.4) is 0 Å². The van der Waals surface area contributed by atoms with E-state index in [-0.39, 0.29) is 18.5 Å². The van der Waals surface area contributed by atoms with Crippen LogP contribution >= 0.6 is 0 Å². The Balaban J connectivity index is 3.34. The quantitative estimate of drug-likeness (QED) is 0.0320. The SMILES string of the molecule is CCCCCC/C=C\C/C=C\CCCCCCCC(=O)OCCCCCCCCCCCCCCCCCCCCCCCCCCCCCCCC(=O)NC(CO)C(O)CCCCCCCCCCCCCCCCCCC. The van der Waals surface area contributed by atoms with Crippen molar-refractivity contribution in [3.05, 3.63) is 24.3 Å². The molecule has 0 aromatic rings. The molecule has 0 aliphatic rings. The molecular formula is C73H141NO5. The monoisotopic (exact) mass is 1110 g/mol. The molecule has 2 atom stereocenters. The summed E-state index contributed by atoms with van der Waals surface area (Å²) in [5.74, 6) is -0.0210. The van der Waals surface area contributed by atoms with Crippen molar-refractivity contribution in [2.45, 2.75) is 418 Å². The molecule has 0 aliphatic heterocycles. The van der Waals surface area contributed by atoms with Gasteiger partial charge in [-0.3, -0.25) is 9.59 Å². The first-order chi connectivity index (χ1) is 39.0. The smallest absolute Gasteiger partial charge is 0.305 e. The molecule has 6 nitrogen and oxygen atoms in total. The lowest BCUT2D eigenvalue weighted by molar-refractivity contribution is -0.143. The Morgan fingerprint density at radius 2 is 0.633 bits per heavy atom. The third-order valence-corrected chi connectivity index (χ3v) is 17.0. The number of unbranched alkanes of at least 4 members (excludes halogenated alkanes) is 53. The number of carbonyl (C=O) groups excluding carboxylic acids is 2. The van der Waals surface area contributed by atoms with E-state index >= 15 is 0 Å². The van der Waals surface area contributed by atoms with Crippen molar-refractivity contribution in [2.75, 3.05) is 13.2 Å². The van der Waals surface area contributed by atoms with Crippen LogP contribution in [0, 0.1) is 0 Å². The first kappa shape index (κ1) is 77.3. The maximum atomic E-state index is 12.5. The minimum absolute atomic E-state index is 0.00672. The van der Waals surface area contributed by atoms with Gasteiger partial charge in [-0.25, -0.2) is 0 Å². The molecule has 6 heteroatoms. The van der Waals surface area contributed by atoms with Crippen LogP contribution in [0.4, 0.5) is 0 Å². The van der Waals surface area contributed by atoms with Crippen LogP contribution in [0.5, 0.6) is 0 Å². The van der Waals surface area contributed by atoms with E-state index in [0.29, 0.717) is 25.9 Å². The van der Waals surface area contributed by atoms with Crippen molar-refractivity contribution < 1.29 is 24.5 Å². The van der Waals surface area contributed by atoms with Gasteiger partial charge in [0.1, 0.15) is 0 Å². The number of rotatable bonds is 68. The van der Waals surface area contributed by atoms with Gasteiger partial charge in [-0.1, -0.05) is 359 Å². The van der Waals surface area contributed by atoms with Gasteiger partial charge < -0.3 is 20.3 Å². The summed E-state index contributed by atoms with van der Waals surface area (Å²) < 4.78 is 5.49. The average molecular weight is 1110 g/mol. The molecule has 0 aliphatic carbocycles. The van der Waals surface area contributed by atoms with Crippen LogP contribution in [-0.2, 0) is 14.3 Å². The van der Waals surface area contributed by atoms with Gasteiger partial charge in [-0.15, -0.1) is 0 Å². The summed E-state index contributed by atoms with van der Waals surface area (Å²) >= 11 is 0.